The van der Waals surface area contributed by atoms with Gasteiger partial charge in [0.05, 0.1) is 5.56 Å². The van der Waals surface area contributed by atoms with Crippen LogP contribution in [0.1, 0.15) is 11.1 Å². The fourth-order valence-corrected chi connectivity index (χ4v) is 2.03. The first kappa shape index (κ1) is 13.4. The van der Waals surface area contributed by atoms with Crippen molar-refractivity contribution < 1.29 is 9.94 Å². The van der Waals surface area contributed by atoms with Gasteiger partial charge in [0.25, 0.3) is 0 Å². The van der Waals surface area contributed by atoms with Crippen molar-refractivity contribution in [2.75, 3.05) is 0 Å². The Balaban J connectivity index is 2.19. The molecule has 0 radical (unpaired) electrons. The van der Waals surface area contributed by atoms with Crippen molar-refractivity contribution in [2.24, 2.45) is 10.9 Å². The molecule has 0 aliphatic heterocycles. The van der Waals surface area contributed by atoms with Crippen LogP contribution in [0, 0.1) is 0 Å². The summed E-state index contributed by atoms with van der Waals surface area (Å²) in [4.78, 5) is 0. The van der Waals surface area contributed by atoms with Gasteiger partial charge in [-0.2, -0.15) is 0 Å². The molecular weight excluding hydrogens is 308 g/mol. The number of ether oxygens (including phenoxy) is 1. The highest BCUT2D eigenvalue weighted by Gasteiger charge is 2.08. The number of benzene rings is 2. The van der Waals surface area contributed by atoms with Crippen molar-refractivity contribution in [3.05, 3.63) is 64.1 Å². The van der Waals surface area contributed by atoms with Crippen LogP contribution in [-0.4, -0.2) is 11.0 Å². The van der Waals surface area contributed by atoms with Crippen LogP contribution in [0.5, 0.6) is 5.75 Å². The molecule has 0 fully saturated rings. The van der Waals surface area contributed by atoms with Crippen LogP contribution in [0.25, 0.3) is 0 Å². The van der Waals surface area contributed by atoms with Crippen LogP contribution in [0.4, 0.5) is 0 Å². The van der Waals surface area contributed by atoms with Gasteiger partial charge in [-0.3, -0.25) is 0 Å². The summed E-state index contributed by atoms with van der Waals surface area (Å²) in [6.45, 7) is 0.400. The van der Waals surface area contributed by atoms with Gasteiger partial charge in [-0.1, -0.05) is 51.4 Å². The predicted molar refractivity (Wildman–Crippen MR) is 77.4 cm³/mol. The minimum atomic E-state index is 0.0303. The van der Waals surface area contributed by atoms with Crippen molar-refractivity contribution >= 4 is 21.8 Å². The average molecular weight is 321 g/mol. The number of amidine groups is 1. The Morgan fingerprint density at radius 2 is 1.84 bits per heavy atom. The molecule has 2 aromatic carbocycles. The molecule has 19 heavy (non-hydrogen) atoms. The number of rotatable bonds is 4. The first-order valence-corrected chi connectivity index (χ1v) is 6.45. The molecule has 0 bridgehead atoms. The van der Waals surface area contributed by atoms with E-state index in [1.165, 1.54) is 0 Å². The molecule has 5 heteroatoms. The van der Waals surface area contributed by atoms with E-state index in [2.05, 4.69) is 21.1 Å². The van der Waals surface area contributed by atoms with Crippen LogP contribution in [0.15, 0.2) is 58.2 Å². The molecule has 0 aromatic heterocycles. The van der Waals surface area contributed by atoms with Gasteiger partial charge in [-0.05, 0) is 18.2 Å². The van der Waals surface area contributed by atoms with Gasteiger partial charge in [0, 0.05) is 10.0 Å². The third-order valence-electron chi connectivity index (χ3n) is 2.61. The van der Waals surface area contributed by atoms with E-state index in [1.807, 2.05) is 30.3 Å². The van der Waals surface area contributed by atoms with E-state index in [0.29, 0.717) is 17.9 Å². The van der Waals surface area contributed by atoms with E-state index < -0.39 is 0 Å². The van der Waals surface area contributed by atoms with Gasteiger partial charge in [0.15, 0.2) is 5.84 Å². The quantitative estimate of drug-likeness (QED) is 0.393. The Morgan fingerprint density at radius 3 is 2.58 bits per heavy atom. The standard InChI is InChI=1S/C14H13BrN2O2/c15-12-7-3-1-5-10(12)9-19-13-8-4-2-6-11(13)14(16)17-18/h1-8,18H,9H2,(H2,16,17). The lowest BCUT2D eigenvalue weighted by molar-refractivity contribution is 0.302. The van der Waals surface area contributed by atoms with Gasteiger partial charge >= 0.3 is 0 Å². The zero-order valence-corrected chi connectivity index (χ0v) is 11.7. The summed E-state index contributed by atoms with van der Waals surface area (Å²) in [5, 5.41) is 11.7. The van der Waals surface area contributed by atoms with Gasteiger partial charge in [0.1, 0.15) is 12.4 Å². The fourth-order valence-electron chi connectivity index (χ4n) is 1.63. The topological polar surface area (TPSA) is 67.8 Å². The fraction of sp³-hybridized carbons (Fsp3) is 0.0714. The lowest BCUT2D eigenvalue weighted by Crippen LogP contribution is -2.14. The number of nitrogens with two attached hydrogens (primary N) is 1. The minimum absolute atomic E-state index is 0.0303. The third-order valence-corrected chi connectivity index (χ3v) is 3.39. The maximum Gasteiger partial charge on any atom is 0.173 e. The molecule has 0 atom stereocenters. The van der Waals surface area contributed by atoms with E-state index in [9.17, 15) is 0 Å². The molecule has 0 saturated heterocycles. The highest BCUT2D eigenvalue weighted by Crippen LogP contribution is 2.22. The number of halogens is 1. The Hall–Kier alpha value is -2.01. The van der Waals surface area contributed by atoms with Gasteiger partial charge in [0.2, 0.25) is 0 Å². The maximum absolute atomic E-state index is 8.74. The monoisotopic (exact) mass is 320 g/mol. The number of hydrogen-bond donors (Lipinski definition) is 2. The van der Waals surface area contributed by atoms with E-state index in [4.69, 9.17) is 15.7 Å². The zero-order chi connectivity index (χ0) is 13.7. The maximum atomic E-state index is 8.74. The summed E-state index contributed by atoms with van der Waals surface area (Å²) in [5.41, 5.74) is 7.20. The number of para-hydroxylation sites is 1. The Labute approximate surface area is 119 Å². The van der Waals surface area contributed by atoms with Crippen molar-refractivity contribution in [3.8, 4) is 5.75 Å². The number of oxime groups is 1. The highest BCUT2D eigenvalue weighted by molar-refractivity contribution is 9.10. The second-order valence-corrected chi connectivity index (χ2v) is 4.72. The molecule has 2 aromatic rings. The summed E-state index contributed by atoms with van der Waals surface area (Å²) in [6, 6.07) is 15.0. The molecule has 0 aliphatic carbocycles. The van der Waals surface area contributed by atoms with Crippen LogP contribution in [0.2, 0.25) is 0 Å². The van der Waals surface area contributed by atoms with Crippen LogP contribution in [-0.2, 0) is 6.61 Å². The number of hydrogen-bond acceptors (Lipinski definition) is 3. The lowest BCUT2D eigenvalue weighted by atomic mass is 10.2. The molecule has 98 valence electrons. The first-order chi connectivity index (χ1) is 9.22. The van der Waals surface area contributed by atoms with Gasteiger partial charge in [-0.15, -0.1) is 0 Å². The molecule has 0 spiro atoms. The Morgan fingerprint density at radius 1 is 1.16 bits per heavy atom. The van der Waals surface area contributed by atoms with Crippen molar-refractivity contribution in [1.82, 2.24) is 0 Å². The first-order valence-electron chi connectivity index (χ1n) is 5.65. The molecule has 4 nitrogen and oxygen atoms in total. The highest BCUT2D eigenvalue weighted by atomic mass is 79.9. The van der Waals surface area contributed by atoms with Gasteiger partial charge < -0.3 is 15.7 Å². The van der Waals surface area contributed by atoms with Crippen molar-refractivity contribution in [2.45, 2.75) is 6.61 Å². The van der Waals surface area contributed by atoms with Crippen LogP contribution in [0.3, 0.4) is 0 Å². The summed E-state index contributed by atoms with van der Waals surface area (Å²) >= 11 is 3.46. The molecule has 2 rings (SSSR count). The van der Waals surface area contributed by atoms with E-state index in [1.54, 1.807) is 18.2 Å². The van der Waals surface area contributed by atoms with Crippen LogP contribution < -0.4 is 10.5 Å². The summed E-state index contributed by atoms with van der Waals surface area (Å²) < 4.78 is 6.71. The Kier molecular flexibility index (Phi) is 4.41. The van der Waals surface area contributed by atoms with Crippen molar-refractivity contribution in [3.63, 3.8) is 0 Å². The smallest absolute Gasteiger partial charge is 0.173 e. The van der Waals surface area contributed by atoms with E-state index in [-0.39, 0.29) is 5.84 Å². The molecule has 0 saturated carbocycles. The molecule has 0 heterocycles. The number of nitrogens with zero attached hydrogens (tertiary/aromatic N) is 1. The molecular formula is C14H13BrN2O2. The minimum Gasteiger partial charge on any atom is -0.488 e. The normalized spacial score (nSPS) is 11.3. The molecule has 3 N–H and O–H groups in total. The average Bonchev–Trinajstić information content (AvgIpc) is 2.46. The third kappa shape index (κ3) is 3.26. The zero-order valence-electron chi connectivity index (χ0n) is 10.1. The molecule has 0 unspecified atom stereocenters. The molecule has 0 aliphatic rings. The second kappa shape index (κ2) is 6.24. The Bertz CT molecular complexity index is 600. The largest absolute Gasteiger partial charge is 0.488 e. The summed E-state index contributed by atoms with van der Waals surface area (Å²) in [6.07, 6.45) is 0. The summed E-state index contributed by atoms with van der Waals surface area (Å²) in [7, 11) is 0. The van der Waals surface area contributed by atoms with E-state index in [0.717, 1.165) is 10.0 Å². The van der Waals surface area contributed by atoms with Gasteiger partial charge in [-0.25, -0.2) is 0 Å². The SMILES string of the molecule is N/C(=N\O)c1ccccc1OCc1ccccc1Br. The lowest BCUT2D eigenvalue weighted by Gasteiger charge is -2.11. The molecule has 0 amide bonds. The van der Waals surface area contributed by atoms with E-state index >= 15 is 0 Å². The summed E-state index contributed by atoms with van der Waals surface area (Å²) in [5.74, 6) is 0.608. The van der Waals surface area contributed by atoms with Crippen LogP contribution >= 0.6 is 15.9 Å². The second-order valence-electron chi connectivity index (χ2n) is 3.86. The predicted octanol–water partition coefficient (Wildman–Crippen LogP) is 3.12. The van der Waals surface area contributed by atoms with Crippen molar-refractivity contribution in [1.29, 1.82) is 0 Å².